The SMILES string of the molecule is CC(=O)N(c1cccs1)C1C(=O)N2CC(COc3cc(Cl)ccc3Oc3ccc(Cl)cc3Cl)(C(=O)OC(c3ccccc3)c3ccccc3)CS[C@H]12. The molecule has 3 heterocycles. The van der Waals surface area contributed by atoms with Crippen LogP contribution >= 0.6 is 57.9 Å². The van der Waals surface area contributed by atoms with E-state index < -0.39 is 23.5 Å². The van der Waals surface area contributed by atoms with Crippen LogP contribution in [0.5, 0.6) is 17.2 Å². The predicted octanol–water partition coefficient (Wildman–Crippen LogP) is 9.54. The van der Waals surface area contributed by atoms with Crippen LogP contribution in [0.1, 0.15) is 24.2 Å². The highest BCUT2D eigenvalue weighted by atomic mass is 35.5. The molecular weight excluding hydrogens is 763 g/mol. The van der Waals surface area contributed by atoms with Crippen LogP contribution < -0.4 is 14.4 Å². The normalized spacial score (nSPS) is 19.4. The summed E-state index contributed by atoms with van der Waals surface area (Å²) in [5.41, 5.74) is 0.251. The second-order valence-corrected chi connectivity index (χ2v) is 15.7. The van der Waals surface area contributed by atoms with Crippen molar-refractivity contribution in [1.29, 1.82) is 0 Å². The molecule has 52 heavy (non-hydrogen) atoms. The first-order valence-electron chi connectivity index (χ1n) is 16.3. The first-order valence-corrected chi connectivity index (χ1v) is 19.3. The molecule has 0 aliphatic carbocycles. The third-order valence-electron chi connectivity index (χ3n) is 8.86. The number of nitrogens with zero attached hydrogens (tertiary/aromatic N) is 2. The van der Waals surface area contributed by atoms with Crippen LogP contribution in [0.25, 0.3) is 0 Å². The summed E-state index contributed by atoms with van der Waals surface area (Å²) in [6.07, 6.45) is -0.724. The Morgan fingerprint density at radius 2 is 1.52 bits per heavy atom. The number of anilines is 1. The van der Waals surface area contributed by atoms with E-state index in [0.29, 0.717) is 31.6 Å². The van der Waals surface area contributed by atoms with E-state index in [4.69, 9.17) is 49.0 Å². The second-order valence-electron chi connectivity index (χ2n) is 12.4. The Hall–Kier alpha value is -4.19. The summed E-state index contributed by atoms with van der Waals surface area (Å²) in [4.78, 5) is 44.6. The number of β-lactam (4-membered cyclic amide) rings is 1. The van der Waals surface area contributed by atoms with E-state index in [9.17, 15) is 14.4 Å². The van der Waals surface area contributed by atoms with E-state index in [1.165, 1.54) is 30.0 Å². The van der Waals surface area contributed by atoms with Crippen LogP contribution in [-0.2, 0) is 19.1 Å². The van der Waals surface area contributed by atoms with Gasteiger partial charge >= 0.3 is 5.97 Å². The van der Waals surface area contributed by atoms with Gasteiger partial charge in [0.1, 0.15) is 29.2 Å². The molecule has 4 aromatic carbocycles. The molecule has 2 amide bonds. The first kappa shape index (κ1) is 36.2. The van der Waals surface area contributed by atoms with Gasteiger partial charge in [-0.3, -0.25) is 19.3 Å². The number of thioether (sulfide) groups is 1. The van der Waals surface area contributed by atoms with Gasteiger partial charge in [-0.2, -0.15) is 0 Å². The summed E-state index contributed by atoms with van der Waals surface area (Å²) in [7, 11) is 0. The van der Waals surface area contributed by atoms with Gasteiger partial charge in [0.25, 0.3) is 0 Å². The molecule has 2 saturated heterocycles. The van der Waals surface area contributed by atoms with E-state index in [0.717, 1.165) is 11.1 Å². The summed E-state index contributed by atoms with van der Waals surface area (Å²) in [6.45, 7) is 1.28. The van der Waals surface area contributed by atoms with Gasteiger partial charge < -0.3 is 19.1 Å². The highest BCUT2D eigenvalue weighted by molar-refractivity contribution is 8.00. The van der Waals surface area contributed by atoms with E-state index in [2.05, 4.69) is 0 Å². The van der Waals surface area contributed by atoms with Crippen molar-refractivity contribution in [3.8, 4) is 17.2 Å². The Balaban J connectivity index is 1.21. The van der Waals surface area contributed by atoms with Crippen LogP contribution in [0, 0.1) is 5.41 Å². The molecular formula is C39H31Cl3N2O6S2. The molecule has 0 N–H and O–H groups in total. The van der Waals surface area contributed by atoms with Crippen molar-refractivity contribution in [2.75, 3.05) is 23.8 Å². The molecule has 2 aliphatic heterocycles. The predicted molar refractivity (Wildman–Crippen MR) is 206 cm³/mol. The molecule has 2 aliphatic rings. The molecule has 5 aromatic rings. The summed E-state index contributed by atoms with van der Waals surface area (Å²) in [6, 6.07) is 31.7. The largest absolute Gasteiger partial charge is 0.488 e. The Labute approximate surface area is 324 Å². The summed E-state index contributed by atoms with van der Waals surface area (Å²) < 4.78 is 19.0. The molecule has 266 valence electrons. The molecule has 13 heteroatoms. The standard InChI is InChI=1S/C39H31Cl3N2O6S2/c1-24(45)44(33-13-8-18-51-33)34-36(46)43-21-39(23-52-37(34)43,38(47)50-35(25-9-4-2-5-10-25)26-11-6-3-7-12-26)22-48-32-20-28(41)15-17-31(32)49-30-16-14-27(40)19-29(30)42/h2-20,34-35,37H,21-23H2,1H3/t34?,37-,39?/m1/s1. The van der Waals surface area contributed by atoms with Gasteiger partial charge in [0, 0.05) is 35.3 Å². The molecule has 3 atom stereocenters. The van der Waals surface area contributed by atoms with Crippen LogP contribution in [0.4, 0.5) is 5.00 Å². The highest BCUT2D eigenvalue weighted by Gasteiger charge is 2.60. The van der Waals surface area contributed by atoms with E-state index in [1.807, 2.05) is 78.2 Å². The fourth-order valence-electron chi connectivity index (χ4n) is 6.26. The van der Waals surface area contributed by atoms with Gasteiger partial charge in [-0.05, 0) is 59.0 Å². The number of fused-ring (bicyclic) bond motifs is 1. The van der Waals surface area contributed by atoms with Gasteiger partial charge in [0.2, 0.25) is 11.8 Å². The van der Waals surface area contributed by atoms with E-state index in [1.54, 1.807) is 46.2 Å². The maximum atomic E-state index is 14.7. The summed E-state index contributed by atoms with van der Waals surface area (Å²) in [5.74, 6) is 0.109. The van der Waals surface area contributed by atoms with Crippen LogP contribution in [0.2, 0.25) is 15.1 Å². The lowest BCUT2D eigenvalue weighted by Crippen LogP contribution is -2.75. The third-order valence-corrected chi connectivity index (χ3v) is 12.1. The molecule has 2 unspecified atom stereocenters. The molecule has 1 aromatic heterocycles. The average molecular weight is 794 g/mol. The smallest absolute Gasteiger partial charge is 0.319 e. The minimum Gasteiger partial charge on any atom is -0.488 e. The van der Waals surface area contributed by atoms with Crippen LogP contribution in [0.15, 0.2) is 115 Å². The molecule has 0 radical (unpaired) electrons. The molecule has 8 nitrogen and oxygen atoms in total. The number of hydrogen-bond acceptors (Lipinski definition) is 8. The maximum Gasteiger partial charge on any atom is 0.319 e. The lowest BCUT2D eigenvalue weighted by Gasteiger charge is -2.56. The molecule has 7 rings (SSSR count). The number of halogens is 3. The van der Waals surface area contributed by atoms with Gasteiger partial charge in [-0.25, -0.2) is 0 Å². The number of ether oxygens (including phenoxy) is 3. The molecule has 0 spiro atoms. The number of hydrogen-bond donors (Lipinski definition) is 0. The highest BCUT2D eigenvalue weighted by Crippen LogP contribution is 2.47. The van der Waals surface area contributed by atoms with Crippen molar-refractivity contribution in [3.63, 3.8) is 0 Å². The van der Waals surface area contributed by atoms with Crippen molar-refractivity contribution in [1.82, 2.24) is 4.90 Å². The minimum absolute atomic E-state index is 0.00505. The van der Waals surface area contributed by atoms with Crippen LogP contribution in [-0.4, -0.2) is 53.0 Å². The monoisotopic (exact) mass is 792 g/mol. The van der Waals surface area contributed by atoms with Gasteiger partial charge in [0.15, 0.2) is 17.6 Å². The summed E-state index contributed by atoms with van der Waals surface area (Å²) >= 11 is 21.7. The average Bonchev–Trinajstić information content (AvgIpc) is 3.69. The van der Waals surface area contributed by atoms with Crippen molar-refractivity contribution in [2.45, 2.75) is 24.4 Å². The number of esters is 1. The Kier molecular flexibility index (Phi) is 10.7. The minimum atomic E-state index is -1.33. The number of amides is 2. The van der Waals surface area contributed by atoms with Crippen molar-refractivity contribution in [2.24, 2.45) is 5.41 Å². The molecule has 0 bridgehead atoms. The summed E-state index contributed by atoms with van der Waals surface area (Å²) in [5, 5.41) is 3.31. The maximum absolute atomic E-state index is 14.7. The van der Waals surface area contributed by atoms with Crippen molar-refractivity contribution < 1.29 is 28.6 Å². The van der Waals surface area contributed by atoms with Crippen LogP contribution in [0.3, 0.4) is 0 Å². The fourth-order valence-corrected chi connectivity index (χ4v) is 9.24. The Bertz CT molecular complexity index is 2050. The Morgan fingerprint density at radius 3 is 2.13 bits per heavy atom. The van der Waals surface area contributed by atoms with E-state index in [-0.39, 0.29) is 41.8 Å². The first-order chi connectivity index (χ1) is 25.1. The third kappa shape index (κ3) is 7.36. The van der Waals surface area contributed by atoms with Gasteiger partial charge in [0.05, 0.1) is 10.0 Å². The van der Waals surface area contributed by atoms with Gasteiger partial charge in [-0.15, -0.1) is 23.1 Å². The number of carbonyl (C=O) groups excluding carboxylic acids is 3. The fraction of sp³-hybridized carbons (Fsp3) is 0.205. The lowest BCUT2D eigenvalue weighted by molar-refractivity contribution is -0.167. The number of benzene rings is 4. The van der Waals surface area contributed by atoms with E-state index >= 15 is 0 Å². The zero-order valence-corrected chi connectivity index (χ0v) is 31.5. The molecule has 0 saturated carbocycles. The lowest BCUT2D eigenvalue weighted by atomic mass is 9.87. The zero-order valence-electron chi connectivity index (χ0n) is 27.6. The number of carbonyl (C=O) groups is 3. The molecule has 2 fully saturated rings. The zero-order chi connectivity index (χ0) is 36.4. The number of thiophene rings is 1. The number of rotatable bonds is 11. The topological polar surface area (TPSA) is 85.4 Å². The second kappa shape index (κ2) is 15.4. The Morgan fingerprint density at radius 1 is 0.865 bits per heavy atom. The quantitative estimate of drug-likeness (QED) is 0.0973. The van der Waals surface area contributed by atoms with Crippen molar-refractivity contribution >= 4 is 80.7 Å². The van der Waals surface area contributed by atoms with Crippen molar-refractivity contribution in [3.05, 3.63) is 141 Å². The van der Waals surface area contributed by atoms with Gasteiger partial charge in [-0.1, -0.05) is 95.5 Å².